The summed E-state index contributed by atoms with van der Waals surface area (Å²) in [5, 5.41) is 0. The third-order valence-corrected chi connectivity index (χ3v) is 3.90. The quantitative estimate of drug-likeness (QED) is 0.586. The van der Waals surface area contributed by atoms with Crippen molar-refractivity contribution in [2.24, 2.45) is 0 Å². The van der Waals surface area contributed by atoms with Crippen LogP contribution in [-0.2, 0) is 19.1 Å². The number of rotatable bonds is 10. The zero-order valence-electron chi connectivity index (χ0n) is 15.3. The summed E-state index contributed by atoms with van der Waals surface area (Å²) >= 11 is 0. The molecule has 4 nitrogen and oxygen atoms in total. The smallest absolute Gasteiger partial charge is 0.314 e. The summed E-state index contributed by atoms with van der Waals surface area (Å²) in [5.74, 6) is -1.33. The van der Waals surface area contributed by atoms with Crippen molar-refractivity contribution in [3.05, 3.63) is 35.9 Å². The van der Waals surface area contributed by atoms with Gasteiger partial charge in [-0.3, -0.25) is 9.59 Å². The largest absolute Gasteiger partial charge is 0.463 e. The molecule has 24 heavy (non-hydrogen) atoms. The molecule has 0 saturated carbocycles. The van der Waals surface area contributed by atoms with Gasteiger partial charge in [-0.25, -0.2) is 0 Å². The highest BCUT2D eigenvalue weighted by molar-refractivity contribution is 5.84. The van der Waals surface area contributed by atoms with Crippen LogP contribution in [-0.4, -0.2) is 24.1 Å². The van der Waals surface area contributed by atoms with Gasteiger partial charge >= 0.3 is 11.9 Å². The van der Waals surface area contributed by atoms with Crippen molar-refractivity contribution < 1.29 is 19.1 Å². The zero-order valence-corrected chi connectivity index (χ0v) is 15.3. The Morgan fingerprint density at radius 2 is 1.46 bits per heavy atom. The molecule has 0 heterocycles. The van der Waals surface area contributed by atoms with Crippen molar-refractivity contribution in [3.63, 3.8) is 0 Å². The Hall–Kier alpha value is -1.84. The van der Waals surface area contributed by atoms with Crippen molar-refractivity contribution in [1.29, 1.82) is 0 Å². The van der Waals surface area contributed by atoms with Gasteiger partial charge in [-0.2, -0.15) is 0 Å². The monoisotopic (exact) mass is 334 g/mol. The molecular weight excluding hydrogens is 304 g/mol. The second-order valence-electron chi connectivity index (χ2n) is 6.29. The van der Waals surface area contributed by atoms with Crippen molar-refractivity contribution in [2.75, 3.05) is 0 Å². The molecule has 0 aliphatic carbocycles. The lowest BCUT2D eigenvalue weighted by Gasteiger charge is -2.20. The van der Waals surface area contributed by atoms with Gasteiger partial charge in [0.1, 0.15) is 0 Å². The van der Waals surface area contributed by atoms with E-state index < -0.39 is 5.92 Å². The van der Waals surface area contributed by atoms with E-state index >= 15 is 0 Å². The fourth-order valence-corrected chi connectivity index (χ4v) is 2.67. The summed E-state index contributed by atoms with van der Waals surface area (Å²) < 4.78 is 10.9. The summed E-state index contributed by atoms with van der Waals surface area (Å²) in [7, 11) is 0. The highest BCUT2D eigenvalue weighted by Crippen LogP contribution is 2.23. The average molecular weight is 334 g/mol. The minimum Gasteiger partial charge on any atom is -0.463 e. The molecule has 0 fully saturated rings. The molecule has 3 atom stereocenters. The average Bonchev–Trinajstić information content (AvgIpc) is 2.53. The number of benzene rings is 1. The van der Waals surface area contributed by atoms with E-state index in [-0.39, 0.29) is 30.6 Å². The van der Waals surface area contributed by atoms with Crippen LogP contribution in [0.25, 0.3) is 0 Å². The molecule has 0 radical (unpaired) electrons. The van der Waals surface area contributed by atoms with E-state index in [0.717, 1.165) is 31.2 Å². The lowest BCUT2D eigenvalue weighted by atomic mass is 9.95. The Morgan fingerprint density at radius 3 is 2.00 bits per heavy atom. The van der Waals surface area contributed by atoms with E-state index in [2.05, 4.69) is 0 Å². The molecule has 0 aliphatic rings. The third kappa shape index (κ3) is 7.16. The normalized spacial score (nSPS) is 14.5. The predicted octanol–water partition coefficient (Wildman–Crippen LogP) is 4.62. The fourth-order valence-electron chi connectivity index (χ4n) is 2.67. The molecule has 0 aliphatic heterocycles. The summed E-state index contributed by atoms with van der Waals surface area (Å²) in [6.07, 6.45) is 3.26. The molecule has 134 valence electrons. The number of hydrogen-bond donors (Lipinski definition) is 0. The van der Waals surface area contributed by atoms with Gasteiger partial charge < -0.3 is 9.47 Å². The molecule has 0 amide bonds. The second kappa shape index (κ2) is 10.8. The van der Waals surface area contributed by atoms with Crippen LogP contribution < -0.4 is 0 Å². The SMILES string of the molecule is CCCC(C)OC(=O)CC(C(=O)OC(C)CCC)c1ccccc1. The van der Waals surface area contributed by atoms with Crippen LogP contribution in [0.4, 0.5) is 0 Å². The molecule has 4 heteroatoms. The maximum Gasteiger partial charge on any atom is 0.314 e. The number of carbonyl (C=O) groups excluding carboxylic acids is 2. The molecule has 0 bridgehead atoms. The fraction of sp³-hybridized carbons (Fsp3) is 0.600. The Morgan fingerprint density at radius 1 is 0.917 bits per heavy atom. The van der Waals surface area contributed by atoms with Crippen LogP contribution in [0.3, 0.4) is 0 Å². The highest BCUT2D eigenvalue weighted by atomic mass is 16.5. The summed E-state index contributed by atoms with van der Waals surface area (Å²) in [4.78, 5) is 24.7. The van der Waals surface area contributed by atoms with Crippen LogP contribution in [0.15, 0.2) is 30.3 Å². The van der Waals surface area contributed by atoms with E-state index in [1.54, 1.807) is 0 Å². The van der Waals surface area contributed by atoms with Gasteiger partial charge in [0, 0.05) is 0 Å². The highest BCUT2D eigenvalue weighted by Gasteiger charge is 2.27. The first-order valence-corrected chi connectivity index (χ1v) is 8.92. The van der Waals surface area contributed by atoms with Crippen molar-refractivity contribution in [1.82, 2.24) is 0 Å². The summed E-state index contributed by atoms with van der Waals surface area (Å²) in [6, 6.07) is 9.29. The Kier molecular flexibility index (Phi) is 9.13. The van der Waals surface area contributed by atoms with Crippen LogP contribution in [0.5, 0.6) is 0 Å². The second-order valence-corrected chi connectivity index (χ2v) is 6.29. The van der Waals surface area contributed by atoms with E-state index in [1.165, 1.54) is 0 Å². The van der Waals surface area contributed by atoms with Gasteiger partial charge in [-0.1, -0.05) is 57.0 Å². The topological polar surface area (TPSA) is 52.6 Å². The van der Waals surface area contributed by atoms with E-state index in [4.69, 9.17) is 9.47 Å². The van der Waals surface area contributed by atoms with E-state index in [0.29, 0.717) is 0 Å². The number of carbonyl (C=O) groups is 2. The van der Waals surface area contributed by atoms with Gasteiger partial charge in [0.15, 0.2) is 0 Å². The van der Waals surface area contributed by atoms with Crippen LogP contribution in [0.1, 0.15) is 71.3 Å². The molecule has 3 unspecified atom stereocenters. The number of ether oxygens (including phenoxy) is 2. The van der Waals surface area contributed by atoms with Crippen molar-refractivity contribution >= 4 is 11.9 Å². The number of hydrogen-bond acceptors (Lipinski definition) is 4. The first kappa shape index (κ1) is 20.2. The molecule has 1 rings (SSSR count). The van der Waals surface area contributed by atoms with Crippen LogP contribution in [0.2, 0.25) is 0 Å². The molecule has 1 aromatic carbocycles. The first-order valence-electron chi connectivity index (χ1n) is 8.92. The molecular formula is C20H30O4. The minimum absolute atomic E-state index is 0.00967. The molecule has 0 N–H and O–H groups in total. The first-order chi connectivity index (χ1) is 11.5. The standard InChI is InChI=1S/C20H30O4/c1-5-10-15(3)23-19(21)14-18(17-12-8-7-9-13-17)20(22)24-16(4)11-6-2/h7-9,12-13,15-16,18H,5-6,10-11,14H2,1-4H3. The molecule has 1 aromatic rings. The summed E-state index contributed by atoms with van der Waals surface area (Å²) in [5.41, 5.74) is 0.784. The molecule has 0 aromatic heterocycles. The van der Waals surface area contributed by atoms with Gasteiger partial charge in [0.05, 0.1) is 24.5 Å². The van der Waals surface area contributed by atoms with Crippen molar-refractivity contribution in [2.45, 2.75) is 77.9 Å². The van der Waals surface area contributed by atoms with E-state index in [1.807, 2.05) is 58.0 Å². The lowest BCUT2D eigenvalue weighted by molar-refractivity contribution is -0.157. The number of esters is 2. The minimum atomic E-state index is -0.619. The van der Waals surface area contributed by atoms with Crippen LogP contribution in [0, 0.1) is 0 Å². The van der Waals surface area contributed by atoms with Gasteiger partial charge in [0.2, 0.25) is 0 Å². The Labute approximate surface area is 145 Å². The zero-order chi connectivity index (χ0) is 17.9. The molecule has 0 spiro atoms. The summed E-state index contributed by atoms with van der Waals surface area (Å²) in [6.45, 7) is 7.85. The van der Waals surface area contributed by atoms with E-state index in [9.17, 15) is 9.59 Å². The maximum atomic E-state index is 12.5. The van der Waals surface area contributed by atoms with Crippen molar-refractivity contribution in [3.8, 4) is 0 Å². The molecule has 0 saturated heterocycles. The van der Waals surface area contributed by atoms with Gasteiger partial charge in [-0.05, 0) is 32.3 Å². The third-order valence-electron chi connectivity index (χ3n) is 3.90. The Balaban J connectivity index is 2.79. The maximum absolute atomic E-state index is 12.5. The lowest BCUT2D eigenvalue weighted by Crippen LogP contribution is -2.25. The Bertz CT molecular complexity index is 498. The van der Waals surface area contributed by atoms with Crippen LogP contribution >= 0.6 is 0 Å². The predicted molar refractivity (Wildman–Crippen MR) is 94.7 cm³/mol. The van der Waals surface area contributed by atoms with Gasteiger partial charge in [0.25, 0.3) is 0 Å². The van der Waals surface area contributed by atoms with Gasteiger partial charge in [-0.15, -0.1) is 0 Å².